The Balaban J connectivity index is 1.61. The first-order valence-corrected chi connectivity index (χ1v) is 6.97. The lowest BCUT2D eigenvalue weighted by atomic mass is 9.97. The van der Waals surface area contributed by atoms with E-state index >= 15 is 0 Å². The molecule has 2 aliphatic heterocycles. The summed E-state index contributed by atoms with van der Waals surface area (Å²) < 4.78 is 5.51. The van der Waals surface area contributed by atoms with Crippen LogP contribution < -0.4 is 5.32 Å². The van der Waals surface area contributed by atoms with Crippen LogP contribution in [0, 0.1) is 5.92 Å². The number of rotatable bonds is 6. The number of nitrogens with zero attached hydrogens (tertiary/aromatic N) is 1. The van der Waals surface area contributed by atoms with Crippen molar-refractivity contribution in [1.82, 2.24) is 10.2 Å². The lowest BCUT2D eigenvalue weighted by Crippen LogP contribution is -2.47. The van der Waals surface area contributed by atoms with E-state index in [1.807, 2.05) is 4.90 Å². The maximum Gasteiger partial charge on any atom is 0.305 e. The Morgan fingerprint density at radius 3 is 2.47 bits per heavy atom. The monoisotopic (exact) mass is 270 g/mol. The topological polar surface area (TPSA) is 78.9 Å². The van der Waals surface area contributed by atoms with Crippen molar-refractivity contribution in [3.8, 4) is 0 Å². The number of aliphatic carboxylic acids is 1. The molecule has 0 unspecified atom stereocenters. The first-order valence-electron chi connectivity index (χ1n) is 6.97. The molecular formula is C13H22N2O4. The maximum absolute atomic E-state index is 12.0. The maximum atomic E-state index is 12.0. The Morgan fingerprint density at radius 1 is 1.26 bits per heavy atom. The lowest BCUT2D eigenvalue weighted by molar-refractivity contribution is -0.139. The molecule has 0 radical (unpaired) electrons. The van der Waals surface area contributed by atoms with Crippen LogP contribution in [-0.4, -0.2) is 60.8 Å². The molecule has 0 aromatic rings. The number of likely N-dealkylation sites (tertiary alicyclic amines) is 1. The van der Waals surface area contributed by atoms with Crippen molar-refractivity contribution in [3.63, 3.8) is 0 Å². The number of carbonyl (C=O) groups is 2. The van der Waals surface area contributed by atoms with Crippen molar-refractivity contribution in [2.24, 2.45) is 5.92 Å². The van der Waals surface area contributed by atoms with Crippen LogP contribution in [0.25, 0.3) is 0 Å². The number of carbonyl (C=O) groups excluding carboxylic acids is 1. The molecule has 1 amide bonds. The van der Waals surface area contributed by atoms with Gasteiger partial charge in [0.25, 0.3) is 0 Å². The summed E-state index contributed by atoms with van der Waals surface area (Å²) in [6.45, 7) is 3.65. The van der Waals surface area contributed by atoms with Gasteiger partial charge in [-0.1, -0.05) is 0 Å². The third kappa shape index (κ3) is 4.47. The van der Waals surface area contributed by atoms with Crippen molar-refractivity contribution in [2.45, 2.75) is 31.8 Å². The Bertz CT molecular complexity index is 323. The first kappa shape index (κ1) is 14.3. The number of ether oxygens (including phenoxy) is 1. The fourth-order valence-corrected chi connectivity index (χ4v) is 2.45. The second-order valence-electron chi connectivity index (χ2n) is 5.32. The number of piperidine rings is 1. The van der Waals surface area contributed by atoms with Gasteiger partial charge < -0.3 is 20.1 Å². The van der Waals surface area contributed by atoms with E-state index in [-0.39, 0.29) is 25.0 Å². The van der Waals surface area contributed by atoms with E-state index < -0.39 is 5.97 Å². The molecular weight excluding hydrogens is 248 g/mol. The zero-order valence-corrected chi connectivity index (χ0v) is 11.1. The highest BCUT2D eigenvalue weighted by Gasteiger charge is 2.27. The van der Waals surface area contributed by atoms with Gasteiger partial charge >= 0.3 is 5.97 Å². The van der Waals surface area contributed by atoms with Crippen molar-refractivity contribution < 1.29 is 19.4 Å². The van der Waals surface area contributed by atoms with Crippen molar-refractivity contribution in [2.75, 3.05) is 32.8 Å². The van der Waals surface area contributed by atoms with Gasteiger partial charge in [-0.15, -0.1) is 0 Å². The van der Waals surface area contributed by atoms with E-state index in [0.29, 0.717) is 12.3 Å². The number of amides is 1. The Hall–Kier alpha value is -1.14. The van der Waals surface area contributed by atoms with E-state index in [2.05, 4.69) is 5.32 Å². The molecule has 0 aromatic carbocycles. The van der Waals surface area contributed by atoms with Crippen LogP contribution in [-0.2, 0) is 14.3 Å². The second-order valence-corrected chi connectivity index (χ2v) is 5.32. The summed E-state index contributed by atoms with van der Waals surface area (Å²) >= 11 is 0. The largest absolute Gasteiger partial charge is 0.481 e. The average Bonchev–Trinajstić information content (AvgIpc) is 2.34. The average molecular weight is 270 g/mol. The molecule has 0 atom stereocenters. The third-order valence-corrected chi connectivity index (χ3v) is 3.79. The van der Waals surface area contributed by atoms with E-state index in [1.165, 1.54) is 0 Å². The van der Waals surface area contributed by atoms with E-state index in [4.69, 9.17) is 9.84 Å². The Kier molecular flexibility index (Phi) is 5.15. The molecule has 2 aliphatic rings. The van der Waals surface area contributed by atoms with Crippen molar-refractivity contribution in [1.29, 1.82) is 0 Å². The Morgan fingerprint density at radius 2 is 1.95 bits per heavy atom. The quantitative estimate of drug-likeness (QED) is 0.714. The minimum atomic E-state index is -0.832. The fraction of sp³-hybridized carbons (Fsp3) is 0.846. The van der Waals surface area contributed by atoms with Gasteiger partial charge in [0.1, 0.15) is 0 Å². The van der Waals surface area contributed by atoms with Gasteiger partial charge in [-0.25, -0.2) is 0 Å². The summed E-state index contributed by atoms with van der Waals surface area (Å²) in [6, 6.07) is 0. The van der Waals surface area contributed by atoms with Crippen LogP contribution in [0.2, 0.25) is 0 Å². The summed E-state index contributed by atoms with van der Waals surface area (Å²) in [6.07, 6.45) is 2.43. The highest BCUT2D eigenvalue weighted by Crippen LogP contribution is 2.17. The molecule has 2 rings (SSSR count). The van der Waals surface area contributed by atoms with Gasteiger partial charge in [0, 0.05) is 19.5 Å². The first-order chi connectivity index (χ1) is 9.15. The molecule has 0 aromatic heterocycles. The van der Waals surface area contributed by atoms with Gasteiger partial charge in [-0.2, -0.15) is 0 Å². The predicted octanol–water partition coefficient (Wildman–Crippen LogP) is 0.0782. The number of nitrogens with one attached hydrogen (secondary N) is 1. The zero-order valence-electron chi connectivity index (χ0n) is 11.1. The second kappa shape index (κ2) is 6.86. The number of carboxylic acid groups (broad SMARTS) is 1. The lowest BCUT2D eigenvalue weighted by Gasteiger charge is -2.34. The van der Waals surface area contributed by atoms with Crippen LogP contribution in [0.3, 0.4) is 0 Å². The standard InChI is InChI=1S/C13H22N2O4/c16-12(7-10-8-14-9-10)15-4-1-11(2-5-15)19-6-3-13(17)18/h10-11,14H,1-9H2,(H,17,18). The number of hydrogen-bond donors (Lipinski definition) is 2. The minimum absolute atomic E-state index is 0.0494. The fourth-order valence-electron chi connectivity index (χ4n) is 2.45. The molecule has 108 valence electrons. The van der Waals surface area contributed by atoms with Gasteiger partial charge in [0.2, 0.25) is 5.91 Å². The zero-order chi connectivity index (χ0) is 13.7. The molecule has 2 heterocycles. The van der Waals surface area contributed by atoms with Gasteiger partial charge in [0.15, 0.2) is 0 Å². The highest BCUT2D eigenvalue weighted by atomic mass is 16.5. The molecule has 0 aliphatic carbocycles. The smallest absolute Gasteiger partial charge is 0.305 e. The van der Waals surface area contributed by atoms with Crippen LogP contribution in [0.1, 0.15) is 25.7 Å². The SMILES string of the molecule is O=C(O)CCOC1CCN(C(=O)CC2CNC2)CC1. The normalized spacial score (nSPS) is 21.2. The molecule has 0 spiro atoms. The van der Waals surface area contributed by atoms with Crippen molar-refractivity contribution >= 4 is 11.9 Å². The number of carboxylic acids is 1. The van der Waals surface area contributed by atoms with Crippen LogP contribution >= 0.6 is 0 Å². The molecule has 0 bridgehead atoms. The Labute approximate surface area is 113 Å². The molecule has 2 saturated heterocycles. The molecule has 2 fully saturated rings. The summed E-state index contributed by atoms with van der Waals surface area (Å²) in [5.41, 5.74) is 0. The molecule has 0 saturated carbocycles. The van der Waals surface area contributed by atoms with Crippen LogP contribution in [0.5, 0.6) is 0 Å². The van der Waals surface area contributed by atoms with E-state index in [9.17, 15) is 9.59 Å². The molecule has 2 N–H and O–H groups in total. The predicted molar refractivity (Wildman–Crippen MR) is 68.8 cm³/mol. The van der Waals surface area contributed by atoms with Gasteiger partial charge in [-0.05, 0) is 31.8 Å². The van der Waals surface area contributed by atoms with Crippen molar-refractivity contribution in [3.05, 3.63) is 0 Å². The summed E-state index contributed by atoms with van der Waals surface area (Å²) in [7, 11) is 0. The number of hydrogen-bond acceptors (Lipinski definition) is 4. The third-order valence-electron chi connectivity index (χ3n) is 3.79. The van der Waals surface area contributed by atoms with Gasteiger partial charge in [0.05, 0.1) is 19.1 Å². The van der Waals surface area contributed by atoms with E-state index in [1.54, 1.807) is 0 Å². The van der Waals surface area contributed by atoms with Crippen LogP contribution in [0.15, 0.2) is 0 Å². The summed E-state index contributed by atoms with van der Waals surface area (Å²) in [5, 5.41) is 11.7. The van der Waals surface area contributed by atoms with Gasteiger partial charge in [-0.3, -0.25) is 9.59 Å². The van der Waals surface area contributed by atoms with Crippen LogP contribution in [0.4, 0.5) is 0 Å². The highest BCUT2D eigenvalue weighted by molar-refractivity contribution is 5.76. The molecule has 6 heteroatoms. The molecule has 19 heavy (non-hydrogen) atoms. The summed E-state index contributed by atoms with van der Waals surface area (Å²) in [5.74, 6) is -0.0748. The summed E-state index contributed by atoms with van der Waals surface area (Å²) in [4.78, 5) is 24.3. The van der Waals surface area contributed by atoms with E-state index in [0.717, 1.165) is 39.0 Å². The minimum Gasteiger partial charge on any atom is -0.481 e. The molecule has 6 nitrogen and oxygen atoms in total.